The lowest BCUT2D eigenvalue weighted by Crippen LogP contribution is -1.97. The zero-order chi connectivity index (χ0) is 21.4. The van der Waals surface area contributed by atoms with Crippen LogP contribution in [-0.2, 0) is 20.5 Å². The van der Waals surface area contributed by atoms with Crippen LogP contribution in [0.2, 0.25) is 0 Å². The Kier molecular flexibility index (Phi) is 4.71. The molecule has 0 amide bonds. The molecular formula is C24H22N6O. The first-order valence-corrected chi connectivity index (χ1v) is 9.99. The van der Waals surface area contributed by atoms with E-state index in [0.29, 0.717) is 6.42 Å². The van der Waals surface area contributed by atoms with Gasteiger partial charge in [0.15, 0.2) is 0 Å². The number of methoxy groups -OCH3 is 1. The van der Waals surface area contributed by atoms with E-state index in [1.165, 1.54) is 0 Å². The van der Waals surface area contributed by atoms with E-state index in [-0.39, 0.29) is 0 Å². The van der Waals surface area contributed by atoms with E-state index >= 15 is 0 Å². The van der Waals surface area contributed by atoms with Crippen LogP contribution in [0.3, 0.4) is 0 Å². The average Bonchev–Trinajstić information content (AvgIpc) is 3.42. The summed E-state index contributed by atoms with van der Waals surface area (Å²) < 4.78 is 9.27. The van der Waals surface area contributed by atoms with Gasteiger partial charge in [0.05, 0.1) is 25.2 Å². The molecule has 0 spiro atoms. The molecule has 7 nitrogen and oxygen atoms in total. The number of rotatable bonds is 5. The van der Waals surface area contributed by atoms with E-state index in [9.17, 15) is 0 Å². The molecule has 0 saturated carbocycles. The molecule has 154 valence electrons. The Morgan fingerprint density at radius 3 is 2.32 bits per heavy atom. The number of nitrogens with zero attached hydrogens (tertiary/aromatic N) is 6. The first-order chi connectivity index (χ1) is 15.1. The number of aromatic nitrogens is 6. The van der Waals surface area contributed by atoms with Gasteiger partial charge in [-0.1, -0.05) is 12.1 Å². The molecule has 0 bridgehead atoms. The van der Waals surface area contributed by atoms with Gasteiger partial charge in [-0.2, -0.15) is 10.2 Å². The molecule has 0 aliphatic carbocycles. The molecule has 0 saturated heterocycles. The minimum absolute atomic E-state index is 0.661. The van der Waals surface area contributed by atoms with Gasteiger partial charge >= 0.3 is 0 Å². The topological polar surface area (TPSA) is 70.7 Å². The van der Waals surface area contributed by atoms with Gasteiger partial charge in [-0.15, -0.1) is 0 Å². The van der Waals surface area contributed by atoms with Crippen LogP contribution in [0.25, 0.3) is 33.2 Å². The predicted molar refractivity (Wildman–Crippen MR) is 120 cm³/mol. The van der Waals surface area contributed by atoms with E-state index in [2.05, 4.69) is 44.4 Å². The Morgan fingerprint density at radius 1 is 0.839 bits per heavy atom. The molecule has 5 rings (SSSR count). The van der Waals surface area contributed by atoms with Crippen LogP contribution in [0.15, 0.2) is 67.5 Å². The van der Waals surface area contributed by atoms with E-state index in [1.54, 1.807) is 16.5 Å². The highest BCUT2D eigenvalue weighted by Crippen LogP contribution is 2.30. The highest BCUT2D eigenvalue weighted by Gasteiger charge is 2.12. The molecule has 4 aromatic heterocycles. The zero-order valence-electron chi connectivity index (χ0n) is 17.6. The minimum Gasteiger partial charge on any atom is -0.496 e. The fourth-order valence-electron chi connectivity index (χ4n) is 3.81. The summed E-state index contributed by atoms with van der Waals surface area (Å²) in [5.41, 5.74) is 6.07. The van der Waals surface area contributed by atoms with Crippen molar-refractivity contribution in [1.29, 1.82) is 0 Å². The lowest BCUT2D eigenvalue weighted by molar-refractivity contribution is 0.410. The molecular weight excluding hydrogens is 388 g/mol. The predicted octanol–water partition coefficient (Wildman–Crippen LogP) is 4.03. The minimum atomic E-state index is 0.661. The number of hydrogen-bond donors (Lipinski definition) is 0. The van der Waals surface area contributed by atoms with Crippen LogP contribution in [0.4, 0.5) is 0 Å². The van der Waals surface area contributed by atoms with E-state index in [0.717, 1.165) is 50.2 Å². The maximum absolute atomic E-state index is 5.69. The van der Waals surface area contributed by atoms with Gasteiger partial charge in [-0.25, -0.2) is 0 Å². The summed E-state index contributed by atoms with van der Waals surface area (Å²) in [6.45, 7) is 0. The molecule has 7 heteroatoms. The second-order valence-corrected chi connectivity index (χ2v) is 7.57. The van der Waals surface area contributed by atoms with Gasteiger partial charge in [0.25, 0.3) is 0 Å². The van der Waals surface area contributed by atoms with E-state index < -0.39 is 0 Å². The number of pyridine rings is 2. The number of fused-ring (bicyclic) bond motifs is 1. The smallest absolute Gasteiger partial charge is 0.123 e. The number of ether oxygens (including phenoxy) is 1. The van der Waals surface area contributed by atoms with Crippen molar-refractivity contribution in [3.8, 4) is 28.1 Å². The average molecular weight is 410 g/mol. The standard InChI is InChI=1S/C24H22N6O/c1-29-14-19(12-27-29)16-4-5-17(23(9-16)31-3)8-21-10-22-18(11-26-21)6-7-25-24(22)20-13-28-30(2)15-20/h4-7,9-15H,8H2,1-3H3. The van der Waals surface area contributed by atoms with Crippen LogP contribution in [0.5, 0.6) is 5.75 Å². The summed E-state index contributed by atoms with van der Waals surface area (Å²) in [6.07, 6.45) is 12.0. The third-order valence-electron chi connectivity index (χ3n) is 5.38. The van der Waals surface area contributed by atoms with Crippen molar-refractivity contribution in [2.24, 2.45) is 14.1 Å². The van der Waals surface area contributed by atoms with Crippen molar-refractivity contribution >= 4 is 10.8 Å². The molecule has 0 unspecified atom stereocenters. The summed E-state index contributed by atoms with van der Waals surface area (Å²) in [5, 5.41) is 10.7. The summed E-state index contributed by atoms with van der Waals surface area (Å²) in [7, 11) is 5.52. The van der Waals surface area contributed by atoms with Crippen molar-refractivity contribution < 1.29 is 4.74 Å². The molecule has 31 heavy (non-hydrogen) atoms. The third kappa shape index (κ3) is 3.66. The van der Waals surface area contributed by atoms with Crippen molar-refractivity contribution in [3.63, 3.8) is 0 Å². The van der Waals surface area contributed by atoms with Crippen molar-refractivity contribution in [2.45, 2.75) is 6.42 Å². The van der Waals surface area contributed by atoms with E-state index in [4.69, 9.17) is 4.74 Å². The molecule has 5 aromatic rings. The fraction of sp³-hybridized carbons (Fsp3) is 0.167. The van der Waals surface area contributed by atoms with Crippen LogP contribution in [0, 0.1) is 0 Å². The van der Waals surface area contributed by atoms with E-state index in [1.807, 2.05) is 57.3 Å². The molecule has 0 radical (unpaired) electrons. The highest BCUT2D eigenvalue weighted by molar-refractivity contribution is 5.94. The zero-order valence-corrected chi connectivity index (χ0v) is 17.6. The van der Waals surface area contributed by atoms with Gasteiger partial charge in [0.2, 0.25) is 0 Å². The summed E-state index contributed by atoms with van der Waals surface area (Å²) in [6, 6.07) is 10.3. The number of hydrogen-bond acceptors (Lipinski definition) is 5. The van der Waals surface area contributed by atoms with Gasteiger partial charge in [-0.05, 0) is 23.8 Å². The lowest BCUT2D eigenvalue weighted by atomic mass is 10.0. The summed E-state index contributed by atoms with van der Waals surface area (Å²) >= 11 is 0. The lowest BCUT2D eigenvalue weighted by Gasteiger charge is -2.11. The summed E-state index contributed by atoms with van der Waals surface area (Å²) in [5.74, 6) is 0.835. The molecule has 0 aliphatic rings. The normalized spacial score (nSPS) is 11.2. The first-order valence-electron chi connectivity index (χ1n) is 9.99. The van der Waals surface area contributed by atoms with Gasteiger partial charge < -0.3 is 4.74 Å². The van der Waals surface area contributed by atoms with Crippen LogP contribution < -0.4 is 4.74 Å². The number of benzene rings is 1. The SMILES string of the molecule is COc1cc(-c2cnn(C)c2)ccc1Cc1cc2c(-c3cnn(C)c3)nccc2cn1. The Balaban J connectivity index is 1.52. The monoisotopic (exact) mass is 410 g/mol. The first kappa shape index (κ1) is 19.0. The van der Waals surface area contributed by atoms with Crippen molar-refractivity contribution in [1.82, 2.24) is 29.5 Å². The Labute approximate surface area is 180 Å². The fourth-order valence-corrected chi connectivity index (χ4v) is 3.81. The van der Waals surface area contributed by atoms with Gasteiger partial charge in [0.1, 0.15) is 5.75 Å². The van der Waals surface area contributed by atoms with Crippen LogP contribution in [0.1, 0.15) is 11.3 Å². The highest BCUT2D eigenvalue weighted by atomic mass is 16.5. The molecule has 0 N–H and O–H groups in total. The Hall–Kier alpha value is -4.00. The molecule has 0 aliphatic heterocycles. The quantitative estimate of drug-likeness (QED) is 0.437. The molecule has 0 atom stereocenters. The van der Waals surface area contributed by atoms with Crippen LogP contribution in [-0.4, -0.2) is 36.6 Å². The maximum Gasteiger partial charge on any atom is 0.123 e. The molecule has 4 heterocycles. The van der Waals surface area contributed by atoms with Crippen molar-refractivity contribution in [2.75, 3.05) is 7.11 Å². The Bertz CT molecular complexity index is 1380. The van der Waals surface area contributed by atoms with Gasteiger partial charge in [-0.3, -0.25) is 19.3 Å². The second kappa shape index (κ2) is 7.68. The number of aryl methyl sites for hydroxylation is 2. The van der Waals surface area contributed by atoms with Gasteiger partial charge in [0, 0.05) is 78.5 Å². The largest absolute Gasteiger partial charge is 0.496 e. The molecule has 1 aromatic carbocycles. The maximum atomic E-state index is 5.69. The Morgan fingerprint density at radius 2 is 1.61 bits per heavy atom. The molecule has 0 fully saturated rings. The second-order valence-electron chi connectivity index (χ2n) is 7.57. The van der Waals surface area contributed by atoms with Crippen molar-refractivity contribution in [3.05, 3.63) is 78.8 Å². The van der Waals surface area contributed by atoms with Crippen LogP contribution >= 0.6 is 0 Å². The third-order valence-corrected chi connectivity index (χ3v) is 5.38. The summed E-state index contributed by atoms with van der Waals surface area (Å²) in [4.78, 5) is 9.29.